The Bertz CT molecular complexity index is 373. The first-order valence-corrected chi connectivity index (χ1v) is 7.64. The number of hydrogen-bond acceptors (Lipinski definition) is 4. The Balaban J connectivity index is 2.71. The Labute approximate surface area is 127 Å². The van der Waals surface area contributed by atoms with Crippen molar-refractivity contribution in [2.45, 2.75) is 78.6 Å². The quantitative estimate of drug-likeness (QED) is 0.866. The third-order valence-electron chi connectivity index (χ3n) is 3.27. The first kappa shape index (κ1) is 18.0. The maximum atomic E-state index is 12.5. The predicted octanol–water partition coefficient (Wildman–Crippen LogP) is 3.06. The fraction of sp³-hybridized carbons (Fsp3) is 0.875. The van der Waals surface area contributed by atoms with E-state index < -0.39 is 23.2 Å². The summed E-state index contributed by atoms with van der Waals surface area (Å²) in [6.45, 7) is 11.7. The smallest absolute Gasteiger partial charge is 0.408 e. The van der Waals surface area contributed by atoms with Gasteiger partial charge in [0.25, 0.3) is 0 Å². The molecule has 1 aliphatic rings. The maximum Gasteiger partial charge on any atom is 0.408 e. The number of ether oxygens (including phenoxy) is 2. The van der Waals surface area contributed by atoms with E-state index in [4.69, 9.17) is 9.47 Å². The van der Waals surface area contributed by atoms with Crippen LogP contribution in [0.3, 0.4) is 0 Å². The highest BCUT2D eigenvalue weighted by atomic mass is 16.6. The van der Waals surface area contributed by atoms with Gasteiger partial charge in [0.15, 0.2) is 5.78 Å². The van der Waals surface area contributed by atoms with Crippen molar-refractivity contribution in [3.05, 3.63) is 0 Å². The van der Waals surface area contributed by atoms with E-state index in [9.17, 15) is 9.59 Å². The van der Waals surface area contributed by atoms with Gasteiger partial charge in [-0.3, -0.25) is 4.79 Å². The molecule has 0 radical (unpaired) electrons. The molecule has 0 saturated carbocycles. The van der Waals surface area contributed by atoms with Crippen molar-refractivity contribution in [2.75, 3.05) is 6.61 Å². The zero-order valence-electron chi connectivity index (χ0n) is 14.1. The summed E-state index contributed by atoms with van der Waals surface area (Å²) in [5.74, 6) is 0.00357. The maximum absolute atomic E-state index is 12.5. The summed E-state index contributed by atoms with van der Waals surface area (Å²) in [6, 6.07) is -0.567. The van der Waals surface area contributed by atoms with Crippen molar-refractivity contribution in [2.24, 2.45) is 5.41 Å². The van der Waals surface area contributed by atoms with Crippen molar-refractivity contribution < 1.29 is 19.1 Å². The number of nitrogens with one attached hydrogen (secondary N) is 1. The van der Waals surface area contributed by atoms with Gasteiger partial charge in [-0.25, -0.2) is 4.79 Å². The molecule has 1 heterocycles. The second kappa shape index (κ2) is 6.77. The Morgan fingerprint density at radius 2 is 1.86 bits per heavy atom. The second-order valence-corrected chi connectivity index (χ2v) is 7.68. The molecule has 5 heteroatoms. The molecule has 0 bridgehead atoms. The van der Waals surface area contributed by atoms with Crippen LogP contribution in [0.1, 0.15) is 60.8 Å². The van der Waals surface area contributed by atoms with Crippen LogP contribution in [0.4, 0.5) is 4.79 Å². The average Bonchev–Trinajstić information content (AvgIpc) is 2.76. The molecule has 0 aliphatic carbocycles. The predicted molar refractivity (Wildman–Crippen MR) is 81.2 cm³/mol. The number of amides is 1. The number of rotatable bonds is 4. The number of alkyl carbamates (subject to hydrolysis) is 1. The van der Waals surface area contributed by atoms with Crippen LogP contribution < -0.4 is 5.32 Å². The standard InChI is InChI=1S/C16H29NO4/c1-15(2,3)13(18)12(10-11-8-7-9-20-11)17-14(19)21-16(4,5)6/h11-12H,7-10H2,1-6H3,(H,17,19)/t11-,12+/m1/s1. The molecule has 2 atom stereocenters. The van der Waals surface area contributed by atoms with Crippen molar-refractivity contribution in [3.63, 3.8) is 0 Å². The molecule has 1 rings (SSSR count). The van der Waals surface area contributed by atoms with Crippen molar-refractivity contribution >= 4 is 11.9 Å². The lowest BCUT2D eigenvalue weighted by Crippen LogP contribution is -2.48. The molecular formula is C16H29NO4. The van der Waals surface area contributed by atoms with E-state index in [0.717, 1.165) is 19.4 Å². The molecule has 0 aromatic carbocycles. The van der Waals surface area contributed by atoms with E-state index in [0.29, 0.717) is 6.42 Å². The number of carbonyl (C=O) groups is 2. The normalized spacial score (nSPS) is 21.0. The monoisotopic (exact) mass is 299 g/mol. The first-order valence-electron chi connectivity index (χ1n) is 7.64. The van der Waals surface area contributed by atoms with Gasteiger partial charge in [-0.15, -0.1) is 0 Å². The van der Waals surface area contributed by atoms with Gasteiger partial charge in [0.1, 0.15) is 5.60 Å². The topological polar surface area (TPSA) is 64.6 Å². The number of carbonyl (C=O) groups excluding carboxylic acids is 2. The van der Waals surface area contributed by atoms with Crippen molar-refractivity contribution in [1.82, 2.24) is 5.32 Å². The average molecular weight is 299 g/mol. The van der Waals surface area contributed by atoms with Crippen LogP contribution in [0.5, 0.6) is 0 Å². The molecule has 1 amide bonds. The lowest BCUT2D eigenvalue weighted by Gasteiger charge is -2.28. The van der Waals surface area contributed by atoms with E-state index in [1.807, 2.05) is 20.8 Å². The minimum atomic E-state index is -0.580. The van der Waals surface area contributed by atoms with Crippen LogP contribution >= 0.6 is 0 Å². The fourth-order valence-electron chi connectivity index (χ4n) is 2.30. The number of hydrogen-bond donors (Lipinski definition) is 1. The highest BCUT2D eigenvalue weighted by Crippen LogP contribution is 2.23. The highest BCUT2D eigenvalue weighted by molar-refractivity contribution is 5.91. The second-order valence-electron chi connectivity index (χ2n) is 7.68. The van der Waals surface area contributed by atoms with Gasteiger partial charge in [0, 0.05) is 18.4 Å². The third kappa shape index (κ3) is 6.46. The lowest BCUT2D eigenvalue weighted by atomic mass is 9.84. The van der Waals surface area contributed by atoms with E-state index >= 15 is 0 Å². The number of Topliss-reactive ketones (excluding diaryl/α,β-unsaturated/α-hetero) is 1. The Morgan fingerprint density at radius 1 is 1.24 bits per heavy atom. The molecule has 122 valence electrons. The summed E-state index contributed by atoms with van der Waals surface area (Å²) in [5.41, 5.74) is -1.10. The van der Waals surface area contributed by atoms with E-state index in [2.05, 4.69) is 5.32 Å². The fourth-order valence-corrected chi connectivity index (χ4v) is 2.30. The van der Waals surface area contributed by atoms with Gasteiger partial charge in [-0.05, 0) is 33.6 Å². The zero-order valence-corrected chi connectivity index (χ0v) is 14.1. The van der Waals surface area contributed by atoms with Gasteiger partial charge in [-0.2, -0.15) is 0 Å². The molecule has 0 aromatic rings. The van der Waals surface area contributed by atoms with Gasteiger partial charge in [0.05, 0.1) is 12.1 Å². The number of ketones is 1. The molecule has 1 fully saturated rings. The zero-order chi connectivity index (χ0) is 16.3. The van der Waals surface area contributed by atoms with Gasteiger partial charge in [-0.1, -0.05) is 20.8 Å². The largest absolute Gasteiger partial charge is 0.444 e. The molecule has 21 heavy (non-hydrogen) atoms. The van der Waals surface area contributed by atoms with Crippen LogP contribution in [-0.2, 0) is 14.3 Å². The minimum absolute atomic E-state index is 0.00357. The van der Waals surface area contributed by atoms with Crippen LogP contribution in [0.15, 0.2) is 0 Å². The highest BCUT2D eigenvalue weighted by Gasteiger charge is 2.34. The first-order chi connectivity index (χ1) is 9.49. The SMILES string of the molecule is CC(C)(C)OC(=O)N[C@@H](C[C@H]1CCCO1)C(=O)C(C)(C)C. The lowest BCUT2D eigenvalue weighted by molar-refractivity contribution is -0.129. The summed E-state index contributed by atoms with van der Waals surface area (Å²) in [5, 5.41) is 2.72. The minimum Gasteiger partial charge on any atom is -0.444 e. The van der Waals surface area contributed by atoms with Crippen LogP contribution in [0.2, 0.25) is 0 Å². The molecule has 0 aromatic heterocycles. The summed E-state index contributed by atoms with van der Waals surface area (Å²) < 4.78 is 10.8. The van der Waals surface area contributed by atoms with E-state index in [-0.39, 0.29) is 11.9 Å². The van der Waals surface area contributed by atoms with Gasteiger partial charge >= 0.3 is 6.09 Å². The van der Waals surface area contributed by atoms with Crippen LogP contribution in [0, 0.1) is 5.41 Å². The summed E-state index contributed by atoms with van der Waals surface area (Å²) >= 11 is 0. The molecule has 1 saturated heterocycles. The van der Waals surface area contributed by atoms with Gasteiger partial charge in [0.2, 0.25) is 0 Å². The Morgan fingerprint density at radius 3 is 2.29 bits per heavy atom. The Hall–Kier alpha value is -1.10. The van der Waals surface area contributed by atoms with Crippen LogP contribution in [-0.4, -0.2) is 36.2 Å². The van der Waals surface area contributed by atoms with E-state index in [1.54, 1.807) is 20.8 Å². The molecule has 0 unspecified atom stereocenters. The van der Waals surface area contributed by atoms with Gasteiger partial charge < -0.3 is 14.8 Å². The summed E-state index contributed by atoms with van der Waals surface area (Å²) in [7, 11) is 0. The summed E-state index contributed by atoms with van der Waals surface area (Å²) in [6.07, 6.45) is 1.94. The Kier molecular flexibility index (Phi) is 5.79. The molecule has 1 N–H and O–H groups in total. The van der Waals surface area contributed by atoms with E-state index in [1.165, 1.54) is 0 Å². The van der Waals surface area contributed by atoms with Crippen LogP contribution in [0.25, 0.3) is 0 Å². The molecule has 0 spiro atoms. The summed E-state index contributed by atoms with van der Waals surface area (Å²) in [4.78, 5) is 24.5. The third-order valence-corrected chi connectivity index (χ3v) is 3.27. The van der Waals surface area contributed by atoms with Crippen molar-refractivity contribution in [3.8, 4) is 0 Å². The molecule has 5 nitrogen and oxygen atoms in total. The van der Waals surface area contributed by atoms with Crippen molar-refractivity contribution in [1.29, 1.82) is 0 Å². The molecule has 1 aliphatic heterocycles. The molecular weight excluding hydrogens is 270 g/mol.